The number of piperidine rings is 1. The number of alkyl halides is 3. The molecule has 1 saturated carbocycles. The molecular formula is C15H19F3N4O. The molecule has 1 aromatic rings. The molecule has 3 heterocycles. The predicted octanol–water partition coefficient (Wildman–Crippen LogP) is 3.38. The van der Waals surface area contributed by atoms with Gasteiger partial charge in [0.1, 0.15) is 5.82 Å². The van der Waals surface area contributed by atoms with Gasteiger partial charge in [0.2, 0.25) is 0 Å². The molecule has 3 fully saturated rings. The summed E-state index contributed by atoms with van der Waals surface area (Å²) in [6, 6.07) is 1.04. The number of hydrogen-bond donors (Lipinski definition) is 1. The summed E-state index contributed by atoms with van der Waals surface area (Å²) in [5.41, 5.74) is -0.535. The molecule has 3 aliphatic rings. The van der Waals surface area contributed by atoms with Gasteiger partial charge in [0.25, 0.3) is 0 Å². The van der Waals surface area contributed by atoms with Gasteiger partial charge in [-0.1, -0.05) is 0 Å². The maximum atomic E-state index is 12.7. The summed E-state index contributed by atoms with van der Waals surface area (Å²) in [6.45, 7) is 0. The van der Waals surface area contributed by atoms with Crippen LogP contribution < -0.4 is 5.32 Å². The van der Waals surface area contributed by atoms with Crippen molar-refractivity contribution in [3.8, 4) is 0 Å². The maximum Gasteiger partial charge on any atom is 0.435 e. The molecule has 4 rings (SSSR count). The van der Waals surface area contributed by atoms with Crippen LogP contribution in [0.25, 0.3) is 0 Å². The normalized spacial score (nSPS) is 28.3. The highest BCUT2D eigenvalue weighted by Gasteiger charge is 2.55. The van der Waals surface area contributed by atoms with E-state index in [2.05, 4.69) is 10.4 Å². The van der Waals surface area contributed by atoms with Gasteiger partial charge in [0.15, 0.2) is 5.69 Å². The Morgan fingerprint density at radius 3 is 2.39 bits per heavy atom. The van der Waals surface area contributed by atoms with Crippen molar-refractivity contribution < 1.29 is 18.0 Å². The molecule has 2 aliphatic heterocycles. The lowest BCUT2D eigenvalue weighted by atomic mass is 9.88. The number of amides is 2. The van der Waals surface area contributed by atoms with E-state index >= 15 is 0 Å². The quantitative estimate of drug-likeness (QED) is 0.859. The first-order valence-corrected chi connectivity index (χ1v) is 7.98. The van der Waals surface area contributed by atoms with Gasteiger partial charge in [-0.2, -0.15) is 18.3 Å². The van der Waals surface area contributed by atoms with Crippen LogP contribution in [0.1, 0.15) is 44.2 Å². The molecule has 1 spiro atoms. The molecule has 2 saturated heterocycles. The van der Waals surface area contributed by atoms with Crippen LogP contribution in [0.4, 0.5) is 23.8 Å². The fourth-order valence-electron chi connectivity index (χ4n) is 4.26. The number of nitrogens with one attached hydrogen (secondary N) is 1. The number of anilines is 1. The molecule has 126 valence electrons. The number of carbonyl (C=O) groups excluding carboxylic acids is 1. The molecule has 2 bridgehead atoms. The summed E-state index contributed by atoms with van der Waals surface area (Å²) in [4.78, 5) is 14.4. The highest BCUT2D eigenvalue weighted by atomic mass is 19.4. The van der Waals surface area contributed by atoms with Crippen molar-refractivity contribution in [2.24, 2.45) is 12.5 Å². The lowest BCUT2D eigenvalue weighted by Crippen LogP contribution is -2.49. The van der Waals surface area contributed by atoms with Gasteiger partial charge >= 0.3 is 12.2 Å². The third-order valence-electron chi connectivity index (χ3n) is 5.55. The van der Waals surface area contributed by atoms with Crippen molar-refractivity contribution in [1.29, 1.82) is 0 Å². The van der Waals surface area contributed by atoms with Crippen LogP contribution in [-0.4, -0.2) is 32.8 Å². The highest BCUT2D eigenvalue weighted by molar-refractivity contribution is 5.89. The summed E-state index contributed by atoms with van der Waals surface area (Å²) in [7, 11) is 1.40. The molecule has 1 aliphatic carbocycles. The Balaban J connectivity index is 1.49. The van der Waals surface area contributed by atoms with Gasteiger partial charge in [-0.05, 0) is 43.9 Å². The maximum absolute atomic E-state index is 12.7. The Hall–Kier alpha value is -1.73. The smallest absolute Gasteiger partial charge is 0.318 e. The van der Waals surface area contributed by atoms with Crippen molar-refractivity contribution >= 4 is 11.8 Å². The predicted molar refractivity (Wildman–Crippen MR) is 76.8 cm³/mol. The van der Waals surface area contributed by atoms with E-state index in [9.17, 15) is 18.0 Å². The van der Waals surface area contributed by atoms with E-state index in [1.807, 2.05) is 4.90 Å². The Morgan fingerprint density at radius 1 is 1.30 bits per heavy atom. The Labute approximate surface area is 131 Å². The standard InChI is InChI=1S/C15H19F3N4O/c1-21-12(6-11(20-21)15(16,17)18)19-13(23)22-9-2-3-10(22)8-14(7-9)4-5-14/h6,9-10H,2-5,7-8H2,1H3,(H,19,23). The molecule has 0 aromatic carbocycles. The van der Waals surface area contributed by atoms with Crippen LogP contribution in [-0.2, 0) is 13.2 Å². The van der Waals surface area contributed by atoms with Crippen molar-refractivity contribution in [3.05, 3.63) is 11.8 Å². The molecule has 2 atom stereocenters. The van der Waals surface area contributed by atoms with Crippen molar-refractivity contribution in [3.63, 3.8) is 0 Å². The number of halogens is 3. The van der Waals surface area contributed by atoms with Gasteiger partial charge in [-0.25, -0.2) is 4.79 Å². The average molecular weight is 328 g/mol. The van der Waals surface area contributed by atoms with Crippen molar-refractivity contribution in [1.82, 2.24) is 14.7 Å². The second kappa shape index (κ2) is 4.64. The van der Waals surface area contributed by atoms with E-state index in [0.717, 1.165) is 36.4 Å². The first-order chi connectivity index (χ1) is 10.8. The van der Waals surface area contributed by atoms with Crippen LogP contribution in [0, 0.1) is 5.41 Å². The minimum atomic E-state index is -4.51. The number of carbonyl (C=O) groups is 1. The molecular weight excluding hydrogens is 309 g/mol. The third kappa shape index (κ3) is 2.48. The monoisotopic (exact) mass is 328 g/mol. The lowest BCUT2D eigenvalue weighted by molar-refractivity contribution is -0.141. The first kappa shape index (κ1) is 14.8. The summed E-state index contributed by atoms with van der Waals surface area (Å²) in [5, 5.41) is 6.03. The third-order valence-corrected chi connectivity index (χ3v) is 5.55. The molecule has 1 N–H and O–H groups in total. The van der Waals surface area contributed by atoms with Crippen LogP contribution in [0.5, 0.6) is 0 Å². The van der Waals surface area contributed by atoms with Gasteiger partial charge in [0, 0.05) is 25.2 Å². The van der Waals surface area contributed by atoms with E-state index in [-0.39, 0.29) is 23.9 Å². The van der Waals surface area contributed by atoms with E-state index in [4.69, 9.17) is 0 Å². The minimum Gasteiger partial charge on any atom is -0.318 e. The van der Waals surface area contributed by atoms with Crippen LogP contribution in [0.3, 0.4) is 0 Å². The summed E-state index contributed by atoms with van der Waals surface area (Å²) in [5.74, 6) is 0.0773. The molecule has 8 heteroatoms. The fourth-order valence-corrected chi connectivity index (χ4v) is 4.26. The second-order valence-corrected chi connectivity index (χ2v) is 7.17. The summed E-state index contributed by atoms with van der Waals surface area (Å²) in [6.07, 6.45) is 2.08. The molecule has 23 heavy (non-hydrogen) atoms. The zero-order chi connectivity index (χ0) is 16.4. The van der Waals surface area contributed by atoms with Crippen LogP contribution in [0.15, 0.2) is 6.07 Å². The number of rotatable bonds is 1. The van der Waals surface area contributed by atoms with Gasteiger partial charge in [-0.3, -0.25) is 10.00 Å². The topological polar surface area (TPSA) is 50.2 Å². The second-order valence-electron chi connectivity index (χ2n) is 7.17. The summed E-state index contributed by atoms with van der Waals surface area (Å²) < 4.78 is 39.2. The fraction of sp³-hybridized carbons (Fsp3) is 0.733. The van der Waals surface area contributed by atoms with Gasteiger partial charge < -0.3 is 4.90 Å². The lowest BCUT2D eigenvalue weighted by Gasteiger charge is -2.39. The number of urea groups is 1. The Bertz CT molecular complexity index is 634. The zero-order valence-corrected chi connectivity index (χ0v) is 12.9. The van der Waals surface area contributed by atoms with Crippen LogP contribution in [0.2, 0.25) is 0 Å². The van der Waals surface area contributed by atoms with E-state index in [1.54, 1.807) is 0 Å². The number of nitrogens with zero attached hydrogens (tertiary/aromatic N) is 3. The minimum absolute atomic E-state index is 0.0773. The number of hydrogen-bond acceptors (Lipinski definition) is 2. The first-order valence-electron chi connectivity index (χ1n) is 7.98. The van der Waals surface area contributed by atoms with E-state index in [1.165, 1.54) is 19.9 Å². The van der Waals surface area contributed by atoms with Crippen LogP contribution >= 0.6 is 0 Å². The highest BCUT2D eigenvalue weighted by Crippen LogP contribution is 2.59. The number of aryl methyl sites for hydroxylation is 1. The molecule has 2 amide bonds. The Kier molecular flexibility index (Phi) is 2.99. The molecule has 5 nitrogen and oxygen atoms in total. The Morgan fingerprint density at radius 2 is 1.91 bits per heavy atom. The van der Waals surface area contributed by atoms with Gasteiger partial charge in [-0.15, -0.1) is 0 Å². The van der Waals surface area contributed by atoms with E-state index in [0.29, 0.717) is 5.41 Å². The van der Waals surface area contributed by atoms with Gasteiger partial charge in [0.05, 0.1) is 0 Å². The zero-order valence-electron chi connectivity index (χ0n) is 12.9. The summed E-state index contributed by atoms with van der Waals surface area (Å²) >= 11 is 0. The SMILES string of the molecule is Cn1nc(C(F)(F)F)cc1NC(=O)N1C2CCC1CC1(CC1)C2. The molecule has 1 aromatic heterocycles. The molecule has 0 radical (unpaired) electrons. The van der Waals surface area contributed by atoms with Crippen molar-refractivity contribution in [2.45, 2.75) is 56.8 Å². The van der Waals surface area contributed by atoms with E-state index < -0.39 is 11.9 Å². The van der Waals surface area contributed by atoms with Crippen molar-refractivity contribution in [2.75, 3.05) is 5.32 Å². The average Bonchev–Trinajstić information content (AvgIpc) is 2.98. The largest absolute Gasteiger partial charge is 0.435 e. The molecule has 2 unspecified atom stereocenters. The number of fused-ring (bicyclic) bond motifs is 2. The number of aromatic nitrogens is 2.